The van der Waals surface area contributed by atoms with Crippen molar-refractivity contribution in [1.29, 1.82) is 0 Å². The van der Waals surface area contributed by atoms with Gasteiger partial charge in [0.25, 0.3) is 0 Å². The lowest BCUT2D eigenvalue weighted by molar-refractivity contribution is -0.137. The Morgan fingerprint density at radius 3 is 2.70 bits per heavy atom. The van der Waals surface area contributed by atoms with Gasteiger partial charge in [-0.1, -0.05) is 11.6 Å². The third-order valence-corrected chi connectivity index (χ3v) is 4.74. The normalized spacial score (nSPS) is 16.2. The average Bonchev–Trinajstić information content (AvgIpc) is 2.49. The maximum absolute atomic E-state index is 12.5. The molecule has 0 radical (unpaired) electrons. The van der Waals surface area contributed by atoms with E-state index in [0.717, 1.165) is 30.4 Å². The van der Waals surface area contributed by atoms with E-state index in [1.165, 1.54) is 0 Å². The molecule has 0 spiro atoms. The highest BCUT2D eigenvalue weighted by atomic mass is 35.5. The third kappa shape index (κ3) is 5.76. The van der Waals surface area contributed by atoms with Crippen molar-refractivity contribution in [2.75, 3.05) is 23.4 Å². The van der Waals surface area contributed by atoms with Crippen LogP contribution in [0.2, 0.25) is 5.02 Å². The molecule has 23 heavy (non-hydrogen) atoms. The van der Waals surface area contributed by atoms with Crippen LogP contribution < -0.4 is 10.6 Å². The minimum Gasteiger partial charge on any atom is -0.368 e. The van der Waals surface area contributed by atoms with Crippen LogP contribution in [0.15, 0.2) is 12.3 Å². The maximum atomic E-state index is 12.5. The van der Waals surface area contributed by atoms with E-state index in [2.05, 4.69) is 15.6 Å². The van der Waals surface area contributed by atoms with Crippen molar-refractivity contribution in [2.24, 2.45) is 0 Å². The molecule has 1 fully saturated rings. The van der Waals surface area contributed by atoms with Gasteiger partial charge in [-0.2, -0.15) is 24.9 Å². The van der Waals surface area contributed by atoms with Gasteiger partial charge in [0, 0.05) is 25.2 Å². The first-order valence-corrected chi connectivity index (χ1v) is 8.73. The number of thioether (sulfide) groups is 1. The summed E-state index contributed by atoms with van der Waals surface area (Å²) in [6, 6.07) is 1.04. The minimum atomic E-state index is -4.48. The van der Waals surface area contributed by atoms with Crippen molar-refractivity contribution in [3.05, 3.63) is 22.8 Å². The lowest BCUT2D eigenvalue weighted by Gasteiger charge is -2.22. The summed E-state index contributed by atoms with van der Waals surface area (Å²) in [4.78, 5) is 15.5. The molecule has 0 unspecified atom stereocenters. The first-order chi connectivity index (χ1) is 10.9. The lowest BCUT2D eigenvalue weighted by atomic mass is 10.1. The van der Waals surface area contributed by atoms with Crippen LogP contribution in [0.1, 0.15) is 24.8 Å². The number of hydrogen-bond donors (Lipinski definition) is 2. The minimum absolute atomic E-state index is 0.0857. The number of alkyl halides is 3. The van der Waals surface area contributed by atoms with Crippen LogP contribution in [0.25, 0.3) is 0 Å². The number of hydrogen-bond acceptors (Lipinski definition) is 4. The number of nitrogens with zero attached hydrogens (tertiary/aromatic N) is 1. The summed E-state index contributed by atoms with van der Waals surface area (Å²) in [5.74, 6) is 2.15. The molecule has 1 amide bonds. The first kappa shape index (κ1) is 18.2. The second kappa shape index (κ2) is 8.10. The number of carbonyl (C=O) groups is 1. The summed E-state index contributed by atoms with van der Waals surface area (Å²) in [6.07, 6.45) is -1.61. The van der Waals surface area contributed by atoms with Gasteiger partial charge < -0.3 is 10.6 Å². The highest BCUT2D eigenvalue weighted by molar-refractivity contribution is 7.99. The number of pyridine rings is 1. The number of anilines is 1. The van der Waals surface area contributed by atoms with Crippen LogP contribution in [0.3, 0.4) is 0 Å². The number of aromatic nitrogens is 1. The smallest absolute Gasteiger partial charge is 0.368 e. The first-order valence-electron chi connectivity index (χ1n) is 7.20. The predicted molar refractivity (Wildman–Crippen MR) is 85.8 cm³/mol. The van der Waals surface area contributed by atoms with E-state index >= 15 is 0 Å². The molecule has 2 rings (SSSR count). The molecule has 1 aromatic rings. The van der Waals surface area contributed by atoms with Crippen LogP contribution in [-0.4, -0.2) is 35.0 Å². The van der Waals surface area contributed by atoms with Gasteiger partial charge in [-0.25, -0.2) is 4.98 Å². The third-order valence-electron chi connectivity index (χ3n) is 3.40. The molecule has 1 aromatic heterocycles. The van der Waals surface area contributed by atoms with Crippen molar-refractivity contribution in [3.63, 3.8) is 0 Å². The zero-order valence-corrected chi connectivity index (χ0v) is 13.8. The summed E-state index contributed by atoms with van der Waals surface area (Å²) in [6.45, 7) is 0.255. The molecule has 2 N–H and O–H groups in total. The van der Waals surface area contributed by atoms with E-state index in [0.29, 0.717) is 6.20 Å². The van der Waals surface area contributed by atoms with Crippen molar-refractivity contribution in [2.45, 2.75) is 31.5 Å². The van der Waals surface area contributed by atoms with Crippen LogP contribution in [0.5, 0.6) is 0 Å². The highest BCUT2D eigenvalue weighted by Crippen LogP contribution is 2.32. The van der Waals surface area contributed by atoms with Gasteiger partial charge in [-0.05, 0) is 30.4 Å². The molecule has 9 heteroatoms. The summed E-state index contributed by atoms with van der Waals surface area (Å²) < 4.78 is 37.5. The molecule has 1 saturated heterocycles. The topological polar surface area (TPSA) is 54.0 Å². The second-order valence-corrected chi connectivity index (χ2v) is 6.82. The van der Waals surface area contributed by atoms with Crippen molar-refractivity contribution < 1.29 is 18.0 Å². The molecule has 0 atom stereocenters. The Labute approximate surface area is 141 Å². The molecule has 2 heterocycles. The monoisotopic (exact) mass is 367 g/mol. The summed E-state index contributed by atoms with van der Waals surface area (Å²) >= 11 is 7.66. The molecular weight excluding hydrogens is 351 g/mol. The predicted octanol–water partition coefficient (Wildman–Crippen LogP) is 3.57. The molecule has 0 bridgehead atoms. The average molecular weight is 368 g/mol. The fourth-order valence-electron chi connectivity index (χ4n) is 2.16. The van der Waals surface area contributed by atoms with Crippen LogP contribution in [0, 0.1) is 0 Å². The molecule has 0 aliphatic carbocycles. The van der Waals surface area contributed by atoms with E-state index < -0.39 is 11.7 Å². The van der Waals surface area contributed by atoms with Gasteiger partial charge in [-0.15, -0.1) is 0 Å². The molecule has 1 aliphatic rings. The Bertz CT molecular complexity index is 551. The van der Waals surface area contributed by atoms with Crippen LogP contribution in [-0.2, 0) is 11.0 Å². The van der Waals surface area contributed by atoms with E-state index in [1.807, 2.05) is 11.8 Å². The highest BCUT2D eigenvalue weighted by Gasteiger charge is 2.31. The van der Waals surface area contributed by atoms with E-state index in [4.69, 9.17) is 11.6 Å². The van der Waals surface area contributed by atoms with Crippen LogP contribution >= 0.6 is 23.4 Å². The summed E-state index contributed by atoms with van der Waals surface area (Å²) in [7, 11) is 0. The largest absolute Gasteiger partial charge is 0.417 e. The summed E-state index contributed by atoms with van der Waals surface area (Å²) in [5, 5.41) is 5.62. The number of carbonyl (C=O) groups excluding carboxylic acids is 1. The number of rotatable bonds is 5. The fraction of sp³-hybridized carbons (Fsp3) is 0.571. The van der Waals surface area contributed by atoms with Crippen molar-refractivity contribution in [1.82, 2.24) is 10.3 Å². The maximum Gasteiger partial charge on any atom is 0.417 e. The standard InChI is InChI=1S/C14H17ClF3N3OS/c15-11-7-9(14(16,17)18)8-20-13(11)19-4-1-12(22)21-10-2-5-23-6-3-10/h7-8,10H,1-6H2,(H,19,20)(H,21,22). The van der Waals surface area contributed by atoms with Gasteiger partial charge >= 0.3 is 6.18 Å². The Morgan fingerprint density at radius 2 is 2.09 bits per heavy atom. The van der Waals surface area contributed by atoms with Crippen molar-refractivity contribution in [3.8, 4) is 0 Å². The van der Waals surface area contributed by atoms with Crippen LogP contribution in [0.4, 0.5) is 19.0 Å². The second-order valence-electron chi connectivity index (χ2n) is 5.18. The van der Waals surface area contributed by atoms with Gasteiger partial charge in [0.1, 0.15) is 5.82 Å². The molecule has 0 saturated carbocycles. The molecule has 4 nitrogen and oxygen atoms in total. The zero-order chi connectivity index (χ0) is 16.9. The zero-order valence-electron chi connectivity index (χ0n) is 12.3. The van der Waals surface area contributed by atoms with E-state index in [9.17, 15) is 18.0 Å². The Balaban J connectivity index is 1.78. The molecule has 1 aliphatic heterocycles. The van der Waals surface area contributed by atoms with E-state index in [-0.39, 0.29) is 35.8 Å². The quantitative estimate of drug-likeness (QED) is 0.835. The Kier molecular flexibility index (Phi) is 6.41. The van der Waals surface area contributed by atoms with Gasteiger partial charge in [-0.3, -0.25) is 4.79 Å². The molecular formula is C14H17ClF3N3OS. The lowest BCUT2D eigenvalue weighted by Crippen LogP contribution is -2.38. The Morgan fingerprint density at radius 1 is 1.39 bits per heavy atom. The number of halogens is 4. The number of nitrogens with one attached hydrogen (secondary N) is 2. The fourth-order valence-corrected chi connectivity index (χ4v) is 3.50. The molecule has 128 valence electrons. The SMILES string of the molecule is O=C(CCNc1ncc(C(F)(F)F)cc1Cl)NC1CCSCC1. The molecule has 0 aromatic carbocycles. The van der Waals surface area contributed by atoms with Crippen molar-refractivity contribution >= 4 is 35.1 Å². The van der Waals surface area contributed by atoms with E-state index in [1.54, 1.807) is 0 Å². The summed E-state index contributed by atoms with van der Waals surface area (Å²) in [5.41, 5.74) is -0.902. The van der Waals surface area contributed by atoms with Gasteiger partial charge in [0.05, 0.1) is 10.6 Å². The van der Waals surface area contributed by atoms with Gasteiger partial charge in [0.15, 0.2) is 0 Å². The Hall–Kier alpha value is -1.15. The number of amides is 1. The van der Waals surface area contributed by atoms with Gasteiger partial charge in [0.2, 0.25) is 5.91 Å².